The molecule has 1 aliphatic heterocycles. The molecule has 1 amide bonds. The Morgan fingerprint density at radius 2 is 2.00 bits per heavy atom. The van der Waals surface area contributed by atoms with Gasteiger partial charge in [0.25, 0.3) is 5.88 Å². The third kappa shape index (κ3) is 4.01. The van der Waals surface area contributed by atoms with E-state index in [1.807, 2.05) is 18.2 Å². The lowest BCUT2D eigenvalue weighted by molar-refractivity contribution is 0.00760. The van der Waals surface area contributed by atoms with Crippen LogP contribution in [0.15, 0.2) is 22.7 Å². The highest BCUT2D eigenvalue weighted by Gasteiger charge is 2.27. The highest BCUT2D eigenvalue weighted by molar-refractivity contribution is 5.88. The first kappa shape index (κ1) is 18.9. The number of rotatable bonds is 5. The number of aliphatic hydroxyl groups is 1. The van der Waals surface area contributed by atoms with E-state index in [4.69, 9.17) is 19.1 Å². The molecule has 4 rings (SSSR count). The highest BCUT2D eigenvalue weighted by Crippen LogP contribution is 2.36. The molecule has 2 aliphatic rings. The topological polar surface area (TPSA) is 105 Å². The number of piperidine rings is 1. The van der Waals surface area contributed by atoms with E-state index in [1.165, 1.54) is 4.90 Å². The number of hydrogen-bond acceptors (Lipinski definition) is 6. The van der Waals surface area contributed by atoms with E-state index < -0.39 is 12.2 Å². The molecule has 2 aromatic rings. The van der Waals surface area contributed by atoms with Crippen molar-refractivity contribution in [3.63, 3.8) is 0 Å². The van der Waals surface area contributed by atoms with Crippen LogP contribution in [0.1, 0.15) is 38.5 Å². The number of carbonyl (C=O) groups is 1. The second-order valence-corrected chi connectivity index (χ2v) is 7.65. The largest absolute Gasteiger partial charge is 0.487 e. The number of carboxylic acid groups (broad SMARTS) is 1. The third-order valence-corrected chi connectivity index (χ3v) is 5.72. The Morgan fingerprint density at radius 1 is 1.21 bits per heavy atom. The zero-order valence-electron chi connectivity index (χ0n) is 15.7. The number of amides is 1. The summed E-state index contributed by atoms with van der Waals surface area (Å²) in [6.45, 7) is 1.50. The first-order chi connectivity index (χ1) is 13.6. The summed E-state index contributed by atoms with van der Waals surface area (Å²) >= 11 is 0. The number of aromatic nitrogens is 1. The third-order valence-electron chi connectivity index (χ3n) is 5.72. The summed E-state index contributed by atoms with van der Waals surface area (Å²) in [4.78, 5) is 12.5. The summed E-state index contributed by atoms with van der Waals surface area (Å²) in [6.07, 6.45) is 3.60. The van der Waals surface area contributed by atoms with Gasteiger partial charge in [-0.05, 0) is 55.3 Å². The fraction of sp³-hybridized carbons (Fsp3) is 0.600. The normalized spacial score (nSPS) is 23.7. The smallest absolute Gasteiger partial charge is 0.407 e. The summed E-state index contributed by atoms with van der Waals surface area (Å²) in [7, 11) is 0. The molecule has 0 bridgehead atoms. The average Bonchev–Trinajstić information content (AvgIpc) is 3.12. The van der Waals surface area contributed by atoms with Gasteiger partial charge in [0.05, 0.1) is 12.7 Å². The van der Waals surface area contributed by atoms with Gasteiger partial charge in [-0.1, -0.05) is 12.5 Å². The molecule has 2 fully saturated rings. The van der Waals surface area contributed by atoms with Crippen LogP contribution in [0.2, 0.25) is 0 Å². The molecule has 2 atom stereocenters. The van der Waals surface area contributed by atoms with Gasteiger partial charge in [0.15, 0.2) is 5.58 Å². The van der Waals surface area contributed by atoms with Gasteiger partial charge in [0, 0.05) is 13.1 Å². The maximum absolute atomic E-state index is 11.0. The van der Waals surface area contributed by atoms with Crippen LogP contribution in [0.5, 0.6) is 11.6 Å². The van der Waals surface area contributed by atoms with Crippen LogP contribution in [0, 0.1) is 5.92 Å². The zero-order chi connectivity index (χ0) is 19.5. The number of hydrogen-bond donors (Lipinski definition) is 2. The van der Waals surface area contributed by atoms with Gasteiger partial charge in [0.1, 0.15) is 17.2 Å². The Hall–Kier alpha value is -2.48. The molecular weight excluding hydrogens is 364 g/mol. The van der Waals surface area contributed by atoms with Crippen molar-refractivity contribution < 1.29 is 29.0 Å². The van der Waals surface area contributed by atoms with Gasteiger partial charge in [-0.25, -0.2) is 4.79 Å². The molecule has 1 aliphatic carbocycles. The summed E-state index contributed by atoms with van der Waals surface area (Å²) < 4.78 is 17.4. The van der Waals surface area contributed by atoms with E-state index >= 15 is 0 Å². The lowest BCUT2D eigenvalue weighted by atomic mass is 9.95. The average molecular weight is 390 g/mol. The molecular formula is C20H26N2O6. The van der Waals surface area contributed by atoms with Gasteiger partial charge >= 0.3 is 6.09 Å². The Bertz CT molecular complexity index is 814. The van der Waals surface area contributed by atoms with Crippen molar-refractivity contribution in [1.82, 2.24) is 10.1 Å². The van der Waals surface area contributed by atoms with Crippen LogP contribution in [-0.4, -0.2) is 58.3 Å². The van der Waals surface area contributed by atoms with Crippen molar-refractivity contribution in [2.24, 2.45) is 5.92 Å². The van der Waals surface area contributed by atoms with Crippen LogP contribution >= 0.6 is 0 Å². The summed E-state index contributed by atoms with van der Waals surface area (Å²) in [5, 5.41) is 24.0. The van der Waals surface area contributed by atoms with Crippen molar-refractivity contribution >= 4 is 17.1 Å². The molecule has 0 unspecified atom stereocenters. The van der Waals surface area contributed by atoms with E-state index in [-0.39, 0.29) is 12.0 Å². The number of fused-ring (bicyclic) bond motifs is 1. The number of ether oxygens (including phenoxy) is 2. The number of likely N-dealkylation sites (tertiary alicyclic amines) is 1. The molecule has 8 heteroatoms. The van der Waals surface area contributed by atoms with Gasteiger partial charge in [0.2, 0.25) is 0 Å². The molecule has 0 spiro atoms. The number of aliphatic hydroxyl groups excluding tert-OH is 1. The summed E-state index contributed by atoms with van der Waals surface area (Å²) in [6, 6.07) is 5.49. The first-order valence-electron chi connectivity index (χ1n) is 9.95. The minimum atomic E-state index is -0.867. The van der Waals surface area contributed by atoms with Gasteiger partial charge in [-0.2, -0.15) is 0 Å². The van der Waals surface area contributed by atoms with Gasteiger partial charge in [-0.15, -0.1) is 0 Å². The van der Waals surface area contributed by atoms with Crippen LogP contribution in [-0.2, 0) is 0 Å². The maximum Gasteiger partial charge on any atom is 0.407 e. The minimum absolute atomic E-state index is 0.234. The Labute approximate surface area is 163 Å². The van der Waals surface area contributed by atoms with Crippen molar-refractivity contribution in [3.05, 3.63) is 18.2 Å². The van der Waals surface area contributed by atoms with E-state index in [1.54, 1.807) is 0 Å². The lowest BCUT2D eigenvalue weighted by Crippen LogP contribution is -2.38. The van der Waals surface area contributed by atoms with Gasteiger partial charge < -0.3 is 29.1 Å². The second kappa shape index (κ2) is 8.26. The molecule has 1 aromatic carbocycles. The Kier molecular flexibility index (Phi) is 5.57. The highest BCUT2D eigenvalue weighted by atomic mass is 16.5. The number of benzene rings is 1. The van der Waals surface area contributed by atoms with Crippen LogP contribution < -0.4 is 9.47 Å². The maximum atomic E-state index is 11.0. The summed E-state index contributed by atoms with van der Waals surface area (Å²) in [5.74, 6) is 1.27. The molecule has 2 N–H and O–H groups in total. The predicted octanol–water partition coefficient (Wildman–Crippen LogP) is 3.28. The fourth-order valence-corrected chi connectivity index (χ4v) is 4.00. The van der Waals surface area contributed by atoms with Crippen molar-refractivity contribution in [3.8, 4) is 11.6 Å². The van der Waals surface area contributed by atoms with E-state index in [2.05, 4.69) is 5.16 Å². The SMILES string of the molecule is O=C(O)N1CCC(COc2noc3cccc(O[C@@H]4CCCC[C@@H]4O)c23)CC1. The Morgan fingerprint density at radius 3 is 2.75 bits per heavy atom. The fourth-order valence-electron chi connectivity index (χ4n) is 4.00. The molecule has 152 valence electrons. The van der Waals surface area contributed by atoms with Crippen LogP contribution in [0.4, 0.5) is 4.79 Å². The molecule has 28 heavy (non-hydrogen) atoms. The van der Waals surface area contributed by atoms with E-state index in [9.17, 15) is 9.90 Å². The van der Waals surface area contributed by atoms with E-state index in [0.29, 0.717) is 42.3 Å². The monoisotopic (exact) mass is 390 g/mol. The zero-order valence-corrected chi connectivity index (χ0v) is 15.7. The molecule has 1 aromatic heterocycles. The lowest BCUT2D eigenvalue weighted by Gasteiger charge is -2.29. The van der Waals surface area contributed by atoms with Crippen LogP contribution in [0.25, 0.3) is 11.0 Å². The standard InChI is InChI=1S/C20H26N2O6/c23-14-4-1-2-5-15(14)27-16-6-3-7-17-18(16)19(21-28-17)26-12-13-8-10-22(11-9-13)20(24)25/h3,6-7,13-15,23H,1-2,4-5,8-12H2,(H,24,25)/t14-,15+/m0/s1. The molecule has 1 saturated carbocycles. The quantitative estimate of drug-likeness (QED) is 0.807. The second-order valence-electron chi connectivity index (χ2n) is 7.65. The first-order valence-corrected chi connectivity index (χ1v) is 9.95. The Balaban J connectivity index is 1.44. The van der Waals surface area contributed by atoms with E-state index in [0.717, 1.165) is 38.5 Å². The molecule has 2 heterocycles. The molecule has 1 saturated heterocycles. The minimum Gasteiger partial charge on any atom is -0.487 e. The van der Waals surface area contributed by atoms with Crippen molar-refractivity contribution in [2.75, 3.05) is 19.7 Å². The van der Waals surface area contributed by atoms with Crippen LogP contribution in [0.3, 0.4) is 0 Å². The predicted molar refractivity (Wildman–Crippen MR) is 101 cm³/mol. The van der Waals surface area contributed by atoms with Crippen molar-refractivity contribution in [2.45, 2.75) is 50.7 Å². The number of nitrogens with zero attached hydrogens (tertiary/aromatic N) is 2. The van der Waals surface area contributed by atoms with Crippen molar-refractivity contribution in [1.29, 1.82) is 0 Å². The molecule has 0 radical (unpaired) electrons. The summed E-state index contributed by atoms with van der Waals surface area (Å²) in [5.41, 5.74) is 0.582. The van der Waals surface area contributed by atoms with Gasteiger partial charge in [-0.3, -0.25) is 0 Å². The molecule has 8 nitrogen and oxygen atoms in total.